The number of rotatable bonds is 3. The van der Waals surface area contributed by atoms with Crippen LogP contribution in [0.5, 0.6) is 0 Å². The van der Waals surface area contributed by atoms with Crippen molar-refractivity contribution in [3.05, 3.63) is 18.2 Å². The zero-order chi connectivity index (χ0) is 10.0. The van der Waals surface area contributed by atoms with Crippen LogP contribution in [-0.4, -0.2) is 28.3 Å². The molecule has 1 aromatic rings. The van der Waals surface area contributed by atoms with Gasteiger partial charge in [-0.25, -0.2) is 13.4 Å². The fraction of sp³-hybridized carbons (Fsp3) is 0.571. The molecule has 0 bridgehead atoms. The lowest BCUT2D eigenvalue weighted by Crippen LogP contribution is -2.16. The summed E-state index contributed by atoms with van der Waals surface area (Å²) in [5, 5.41) is 8.71. The van der Waals surface area contributed by atoms with Crippen LogP contribution >= 0.6 is 0 Å². The maximum atomic E-state index is 10.6. The summed E-state index contributed by atoms with van der Waals surface area (Å²) in [6.45, 7) is 1.45. The van der Waals surface area contributed by atoms with Gasteiger partial charge in [-0.1, -0.05) is 0 Å². The lowest BCUT2D eigenvalue weighted by molar-refractivity contribution is 0.172. The Morgan fingerprint density at radius 2 is 2.23 bits per heavy atom. The number of imidazole rings is 1. The standard InChI is InChI=1S/C7H12N2O3S/c1-5(13(11)12)7(10)6-3-9(2)4-8-6/h3-5,7,10,13H,1-2H3/t5-,7+/m1/s1. The van der Waals surface area contributed by atoms with Gasteiger partial charge in [0.05, 0.1) is 17.3 Å². The van der Waals surface area contributed by atoms with Crippen molar-refractivity contribution in [2.45, 2.75) is 18.3 Å². The number of aliphatic hydroxyl groups excluding tert-OH is 1. The van der Waals surface area contributed by atoms with Gasteiger partial charge in [-0.05, 0) is 6.92 Å². The Hall–Kier alpha value is -0.880. The molecule has 0 aliphatic rings. The van der Waals surface area contributed by atoms with Gasteiger partial charge >= 0.3 is 0 Å². The summed E-state index contributed by atoms with van der Waals surface area (Å²) in [4.78, 5) is 3.86. The topological polar surface area (TPSA) is 72.2 Å². The molecule has 0 saturated heterocycles. The molecular weight excluding hydrogens is 192 g/mol. The third kappa shape index (κ3) is 2.28. The molecule has 0 spiro atoms. The first-order chi connectivity index (χ1) is 6.02. The molecule has 1 N–H and O–H groups in total. The van der Waals surface area contributed by atoms with Crippen molar-refractivity contribution in [3.63, 3.8) is 0 Å². The van der Waals surface area contributed by atoms with E-state index in [-0.39, 0.29) is 0 Å². The molecule has 6 heteroatoms. The minimum Gasteiger partial charge on any atom is -0.385 e. The Kier molecular flexibility index (Phi) is 3.05. The van der Waals surface area contributed by atoms with Crippen molar-refractivity contribution in [1.82, 2.24) is 9.55 Å². The van der Waals surface area contributed by atoms with Crippen LogP contribution in [0.3, 0.4) is 0 Å². The number of hydrogen-bond donors (Lipinski definition) is 2. The average Bonchev–Trinajstić information content (AvgIpc) is 2.49. The van der Waals surface area contributed by atoms with Gasteiger partial charge in [-0.2, -0.15) is 0 Å². The van der Waals surface area contributed by atoms with Gasteiger partial charge < -0.3 is 9.67 Å². The normalized spacial score (nSPS) is 16.0. The molecule has 0 aromatic carbocycles. The maximum Gasteiger partial charge on any atom is 0.145 e. The Labute approximate surface area is 78.0 Å². The van der Waals surface area contributed by atoms with Gasteiger partial charge in [-0.3, -0.25) is 0 Å². The van der Waals surface area contributed by atoms with E-state index in [0.29, 0.717) is 5.69 Å². The quantitative estimate of drug-likeness (QED) is 0.648. The van der Waals surface area contributed by atoms with Crippen molar-refractivity contribution < 1.29 is 13.5 Å². The van der Waals surface area contributed by atoms with Crippen LogP contribution in [0, 0.1) is 0 Å². The minimum atomic E-state index is -2.61. The third-order valence-electron chi connectivity index (χ3n) is 1.82. The lowest BCUT2D eigenvalue weighted by Gasteiger charge is -2.09. The fourth-order valence-corrected chi connectivity index (χ4v) is 1.33. The van der Waals surface area contributed by atoms with Gasteiger partial charge in [0, 0.05) is 13.2 Å². The summed E-state index contributed by atoms with van der Waals surface area (Å²) in [5.74, 6) is 0. The number of hydrogen-bond acceptors (Lipinski definition) is 4. The van der Waals surface area contributed by atoms with Gasteiger partial charge in [0.2, 0.25) is 0 Å². The Morgan fingerprint density at radius 1 is 1.62 bits per heavy atom. The number of nitrogens with zero attached hydrogens (tertiary/aromatic N) is 2. The van der Waals surface area contributed by atoms with Gasteiger partial charge in [-0.15, -0.1) is 0 Å². The molecule has 0 amide bonds. The highest BCUT2D eigenvalue weighted by Gasteiger charge is 2.20. The van der Waals surface area contributed by atoms with Crippen LogP contribution in [0.1, 0.15) is 18.7 Å². The second kappa shape index (κ2) is 3.89. The molecule has 0 saturated carbocycles. The maximum absolute atomic E-state index is 10.6. The third-order valence-corrected chi connectivity index (χ3v) is 2.76. The highest BCUT2D eigenvalue weighted by Crippen LogP contribution is 2.15. The zero-order valence-corrected chi connectivity index (χ0v) is 8.31. The van der Waals surface area contributed by atoms with Crippen molar-refractivity contribution in [2.75, 3.05) is 0 Å². The summed E-state index contributed by atoms with van der Waals surface area (Å²) < 4.78 is 22.8. The van der Waals surface area contributed by atoms with E-state index >= 15 is 0 Å². The molecule has 13 heavy (non-hydrogen) atoms. The average molecular weight is 204 g/mol. The second-order valence-electron chi connectivity index (χ2n) is 2.93. The molecule has 0 fully saturated rings. The van der Waals surface area contributed by atoms with Crippen molar-refractivity contribution in [2.24, 2.45) is 7.05 Å². The van der Waals surface area contributed by atoms with E-state index in [0.717, 1.165) is 0 Å². The molecular formula is C7H12N2O3S. The molecule has 1 heterocycles. The largest absolute Gasteiger partial charge is 0.385 e. The minimum absolute atomic E-state index is 0.384. The van der Waals surface area contributed by atoms with Crippen molar-refractivity contribution in [1.29, 1.82) is 0 Å². The number of aromatic nitrogens is 2. The zero-order valence-electron chi connectivity index (χ0n) is 7.41. The van der Waals surface area contributed by atoms with Crippen LogP contribution in [0.2, 0.25) is 0 Å². The van der Waals surface area contributed by atoms with Crippen molar-refractivity contribution in [3.8, 4) is 0 Å². The summed E-state index contributed by atoms with van der Waals surface area (Å²) >= 11 is 0. The first-order valence-corrected chi connectivity index (χ1v) is 5.06. The van der Waals surface area contributed by atoms with Crippen LogP contribution in [0.15, 0.2) is 12.5 Å². The molecule has 0 radical (unpaired) electrons. The second-order valence-corrected chi connectivity index (χ2v) is 4.32. The molecule has 1 rings (SSSR count). The van der Waals surface area contributed by atoms with E-state index in [1.54, 1.807) is 17.8 Å². The van der Waals surface area contributed by atoms with E-state index in [2.05, 4.69) is 4.98 Å². The van der Waals surface area contributed by atoms with Gasteiger partial charge in [0.1, 0.15) is 16.8 Å². The molecule has 2 atom stereocenters. The Bertz CT molecular complexity index is 350. The number of thiol groups is 1. The summed E-state index contributed by atoms with van der Waals surface area (Å²) in [6, 6.07) is 0. The number of aliphatic hydroxyl groups is 1. The van der Waals surface area contributed by atoms with E-state index in [4.69, 9.17) is 0 Å². The molecule has 0 unspecified atom stereocenters. The van der Waals surface area contributed by atoms with E-state index in [9.17, 15) is 13.5 Å². The molecule has 5 nitrogen and oxygen atoms in total. The predicted octanol–water partition coefficient (Wildman–Crippen LogP) is -0.547. The SMILES string of the molecule is C[C@H]([C@H](O)c1cn(C)cn1)[SH](=O)=O. The molecule has 0 aliphatic carbocycles. The summed E-state index contributed by atoms with van der Waals surface area (Å²) in [5.41, 5.74) is 0.384. The molecule has 1 aromatic heterocycles. The molecule has 0 aliphatic heterocycles. The monoisotopic (exact) mass is 204 g/mol. The van der Waals surface area contributed by atoms with Crippen LogP contribution in [-0.2, 0) is 17.8 Å². The van der Waals surface area contributed by atoms with E-state index in [1.807, 2.05) is 0 Å². The molecule has 74 valence electrons. The Morgan fingerprint density at radius 3 is 2.62 bits per heavy atom. The Balaban J connectivity index is 2.84. The predicted molar refractivity (Wildman–Crippen MR) is 47.9 cm³/mol. The van der Waals surface area contributed by atoms with Crippen LogP contribution < -0.4 is 0 Å². The fourth-order valence-electron chi connectivity index (χ4n) is 0.948. The number of aryl methyl sites for hydroxylation is 1. The highest BCUT2D eigenvalue weighted by molar-refractivity contribution is 7.73. The van der Waals surface area contributed by atoms with E-state index in [1.165, 1.54) is 13.3 Å². The summed E-state index contributed by atoms with van der Waals surface area (Å²) in [6.07, 6.45) is 2.07. The highest BCUT2D eigenvalue weighted by atomic mass is 32.2. The summed E-state index contributed by atoms with van der Waals surface area (Å²) in [7, 11) is -0.860. The first-order valence-electron chi connectivity index (χ1n) is 3.81. The lowest BCUT2D eigenvalue weighted by atomic mass is 10.2. The van der Waals surface area contributed by atoms with Crippen molar-refractivity contribution >= 4 is 10.7 Å². The first kappa shape index (κ1) is 10.2. The smallest absolute Gasteiger partial charge is 0.145 e. The van der Waals surface area contributed by atoms with Gasteiger partial charge in [0.25, 0.3) is 0 Å². The van der Waals surface area contributed by atoms with Crippen LogP contribution in [0.4, 0.5) is 0 Å². The van der Waals surface area contributed by atoms with Crippen LogP contribution in [0.25, 0.3) is 0 Å². The van der Waals surface area contributed by atoms with E-state index < -0.39 is 22.1 Å². The van der Waals surface area contributed by atoms with Gasteiger partial charge in [0.15, 0.2) is 0 Å².